The van der Waals surface area contributed by atoms with Gasteiger partial charge in [0.2, 0.25) is 0 Å². The van der Waals surface area contributed by atoms with E-state index < -0.39 is 0 Å². The number of thiophene rings is 1. The molecule has 0 aromatic carbocycles. The molecule has 1 atom stereocenters. The Labute approximate surface area is 109 Å². The van der Waals surface area contributed by atoms with Crippen LogP contribution in [0.3, 0.4) is 0 Å². The van der Waals surface area contributed by atoms with Crippen molar-refractivity contribution in [3.8, 4) is 0 Å². The first kappa shape index (κ1) is 11.2. The van der Waals surface area contributed by atoms with Gasteiger partial charge in [-0.2, -0.15) is 0 Å². The Morgan fingerprint density at radius 3 is 3.18 bits per heavy atom. The zero-order valence-corrected chi connectivity index (χ0v) is 11.4. The van der Waals surface area contributed by atoms with Crippen LogP contribution < -0.4 is 10.6 Å². The number of rotatable bonds is 2. The maximum Gasteiger partial charge on any atom is 0.185 e. The molecule has 2 aromatic heterocycles. The molecule has 2 N–H and O–H groups in total. The minimum atomic E-state index is 0.0859. The molecule has 1 aliphatic heterocycles. The summed E-state index contributed by atoms with van der Waals surface area (Å²) in [6.45, 7) is 4.06. The fraction of sp³-hybridized carbons (Fsp3) is 0.417. The molecular weight excluding hydrogens is 250 g/mol. The lowest BCUT2D eigenvalue weighted by Crippen LogP contribution is -2.29. The molecule has 0 amide bonds. The van der Waals surface area contributed by atoms with Crippen molar-refractivity contribution < 1.29 is 0 Å². The van der Waals surface area contributed by atoms with E-state index in [1.165, 1.54) is 10.4 Å². The van der Waals surface area contributed by atoms with E-state index in [0.717, 1.165) is 29.5 Å². The standard InChI is InChI=1S/C12H15N3S2/c1-8(13)11-6-14-12(17-11)15-4-2-10-9(7-15)3-5-16-10/h3,5-6,8H,2,4,7,13H2,1H3. The van der Waals surface area contributed by atoms with E-state index in [2.05, 4.69) is 21.3 Å². The molecular formula is C12H15N3S2. The van der Waals surface area contributed by atoms with E-state index in [9.17, 15) is 0 Å². The van der Waals surface area contributed by atoms with Crippen LogP contribution >= 0.6 is 22.7 Å². The maximum absolute atomic E-state index is 5.87. The summed E-state index contributed by atoms with van der Waals surface area (Å²) in [5, 5.41) is 3.29. The van der Waals surface area contributed by atoms with Gasteiger partial charge in [0, 0.05) is 35.1 Å². The molecule has 0 saturated carbocycles. The highest BCUT2D eigenvalue weighted by Gasteiger charge is 2.20. The van der Waals surface area contributed by atoms with Gasteiger partial charge >= 0.3 is 0 Å². The summed E-state index contributed by atoms with van der Waals surface area (Å²) in [5.74, 6) is 0. The Morgan fingerprint density at radius 2 is 2.41 bits per heavy atom. The van der Waals surface area contributed by atoms with Crippen LogP contribution in [-0.4, -0.2) is 11.5 Å². The molecule has 0 aliphatic carbocycles. The average molecular weight is 265 g/mol. The molecule has 0 spiro atoms. The van der Waals surface area contributed by atoms with Crippen LogP contribution in [0.1, 0.15) is 28.3 Å². The van der Waals surface area contributed by atoms with Crippen molar-refractivity contribution in [2.24, 2.45) is 5.73 Å². The van der Waals surface area contributed by atoms with E-state index >= 15 is 0 Å². The Bertz CT molecular complexity index is 515. The third-order valence-corrected chi connectivity index (χ3v) is 5.32. The molecule has 90 valence electrons. The lowest BCUT2D eigenvalue weighted by molar-refractivity contribution is 0.740. The summed E-state index contributed by atoms with van der Waals surface area (Å²) >= 11 is 3.59. The highest BCUT2D eigenvalue weighted by molar-refractivity contribution is 7.15. The van der Waals surface area contributed by atoms with Crippen molar-refractivity contribution in [2.45, 2.75) is 25.9 Å². The summed E-state index contributed by atoms with van der Waals surface area (Å²) < 4.78 is 0. The minimum Gasteiger partial charge on any atom is -0.343 e. The quantitative estimate of drug-likeness (QED) is 0.908. The normalized spacial score (nSPS) is 16.9. The molecule has 3 rings (SSSR count). The van der Waals surface area contributed by atoms with Gasteiger partial charge in [0.25, 0.3) is 0 Å². The van der Waals surface area contributed by atoms with Crippen LogP contribution in [-0.2, 0) is 13.0 Å². The predicted molar refractivity (Wildman–Crippen MR) is 73.8 cm³/mol. The van der Waals surface area contributed by atoms with Crippen LogP contribution in [0.15, 0.2) is 17.6 Å². The summed E-state index contributed by atoms with van der Waals surface area (Å²) in [6.07, 6.45) is 3.05. The topological polar surface area (TPSA) is 42.1 Å². The van der Waals surface area contributed by atoms with Gasteiger partial charge in [-0.3, -0.25) is 0 Å². The van der Waals surface area contributed by atoms with Crippen molar-refractivity contribution in [2.75, 3.05) is 11.4 Å². The predicted octanol–water partition coefficient (Wildman–Crippen LogP) is 2.79. The van der Waals surface area contributed by atoms with E-state index in [4.69, 9.17) is 5.73 Å². The number of hydrogen-bond donors (Lipinski definition) is 1. The van der Waals surface area contributed by atoms with Gasteiger partial charge in [0.15, 0.2) is 5.13 Å². The van der Waals surface area contributed by atoms with Gasteiger partial charge in [-0.05, 0) is 30.4 Å². The molecule has 1 unspecified atom stereocenters. The van der Waals surface area contributed by atoms with Crippen LogP contribution in [0.5, 0.6) is 0 Å². The molecule has 1 aliphatic rings. The third kappa shape index (κ3) is 2.10. The van der Waals surface area contributed by atoms with Crippen LogP contribution in [0, 0.1) is 0 Å². The molecule has 0 radical (unpaired) electrons. The summed E-state index contributed by atoms with van der Waals surface area (Å²) in [4.78, 5) is 9.53. The Kier molecular flexibility index (Phi) is 2.90. The van der Waals surface area contributed by atoms with Crippen molar-refractivity contribution in [1.82, 2.24) is 4.98 Å². The van der Waals surface area contributed by atoms with Crippen LogP contribution in [0.4, 0.5) is 5.13 Å². The average Bonchev–Trinajstić information content (AvgIpc) is 2.97. The van der Waals surface area contributed by atoms with E-state index in [0.29, 0.717) is 0 Å². The maximum atomic E-state index is 5.87. The summed E-state index contributed by atoms with van der Waals surface area (Å²) in [7, 11) is 0. The summed E-state index contributed by atoms with van der Waals surface area (Å²) in [6, 6.07) is 2.31. The lowest BCUT2D eigenvalue weighted by Gasteiger charge is -2.26. The molecule has 3 heterocycles. The first-order valence-corrected chi connectivity index (χ1v) is 7.45. The lowest BCUT2D eigenvalue weighted by atomic mass is 10.1. The van der Waals surface area contributed by atoms with E-state index in [-0.39, 0.29) is 6.04 Å². The molecule has 3 nitrogen and oxygen atoms in total. The first-order valence-electron chi connectivity index (χ1n) is 5.75. The van der Waals surface area contributed by atoms with Gasteiger partial charge in [0.1, 0.15) is 0 Å². The number of anilines is 1. The highest BCUT2D eigenvalue weighted by atomic mass is 32.1. The molecule has 2 aromatic rings. The minimum absolute atomic E-state index is 0.0859. The largest absolute Gasteiger partial charge is 0.343 e. The number of nitrogens with zero attached hydrogens (tertiary/aromatic N) is 2. The van der Waals surface area contributed by atoms with Crippen molar-refractivity contribution in [3.63, 3.8) is 0 Å². The second-order valence-electron chi connectivity index (χ2n) is 4.37. The number of fused-ring (bicyclic) bond motifs is 1. The summed E-state index contributed by atoms with van der Waals surface area (Å²) in [5.41, 5.74) is 7.33. The second kappa shape index (κ2) is 4.40. The van der Waals surface area contributed by atoms with Gasteiger partial charge in [-0.25, -0.2) is 4.98 Å². The van der Waals surface area contributed by atoms with Crippen molar-refractivity contribution in [1.29, 1.82) is 0 Å². The fourth-order valence-corrected chi connectivity index (χ4v) is 3.83. The van der Waals surface area contributed by atoms with E-state index in [1.54, 1.807) is 11.3 Å². The van der Waals surface area contributed by atoms with Crippen molar-refractivity contribution in [3.05, 3.63) is 33.0 Å². The molecule has 0 fully saturated rings. The van der Waals surface area contributed by atoms with Crippen LogP contribution in [0.2, 0.25) is 0 Å². The Balaban J connectivity index is 1.82. The number of hydrogen-bond acceptors (Lipinski definition) is 5. The van der Waals surface area contributed by atoms with E-state index in [1.807, 2.05) is 24.5 Å². The monoisotopic (exact) mass is 265 g/mol. The molecule has 0 saturated heterocycles. The molecule has 0 bridgehead atoms. The highest BCUT2D eigenvalue weighted by Crippen LogP contribution is 2.31. The SMILES string of the molecule is CC(N)c1cnc(N2CCc3sccc3C2)s1. The van der Waals surface area contributed by atoms with Crippen LogP contribution in [0.25, 0.3) is 0 Å². The van der Waals surface area contributed by atoms with Gasteiger partial charge in [0.05, 0.1) is 0 Å². The first-order chi connectivity index (χ1) is 8.24. The Morgan fingerprint density at radius 1 is 1.53 bits per heavy atom. The molecule has 17 heavy (non-hydrogen) atoms. The number of nitrogens with two attached hydrogens (primary N) is 1. The van der Waals surface area contributed by atoms with Gasteiger partial charge < -0.3 is 10.6 Å². The van der Waals surface area contributed by atoms with Gasteiger partial charge in [-0.15, -0.1) is 22.7 Å². The third-order valence-electron chi connectivity index (χ3n) is 3.04. The molecule has 5 heteroatoms. The van der Waals surface area contributed by atoms with Gasteiger partial charge in [-0.1, -0.05) is 0 Å². The fourth-order valence-electron chi connectivity index (χ4n) is 2.05. The zero-order chi connectivity index (χ0) is 11.8. The zero-order valence-electron chi connectivity index (χ0n) is 9.72. The smallest absolute Gasteiger partial charge is 0.185 e. The number of aromatic nitrogens is 1. The Hall–Kier alpha value is -0.910. The second-order valence-corrected chi connectivity index (χ2v) is 6.42. The number of thiazole rings is 1. The van der Waals surface area contributed by atoms with Crippen molar-refractivity contribution >= 4 is 27.8 Å².